The van der Waals surface area contributed by atoms with Crippen molar-refractivity contribution < 1.29 is 4.79 Å². The van der Waals surface area contributed by atoms with Crippen molar-refractivity contribution in [3.8, 4) is 0 Å². The Balaban J connectivity index is 1.90. The van der Waals surface area contributed by atoms with E-state index in [1.54, 1.807) is 7.05 Å². The molecular weight excluding hydrogens is 296 g/mol. The van der Waals surface area contributed by atoms with Gasteiger partial charge in [0.1, 0.15) is 0 Å². The molecule has 0 saturated carbocycles. The summed E-state index contributed by atoms with van der Waals surface area (Å²) < 4.78 is 0. The molecule has 0 saturated heterocycles. The van der Waals surface area contributed by atoms with Crippen LogP contribution in [0.2, 0.25) is 5.02 Å². The Hall–Kier alpha value is -1.84. The van der Waals surface area contributed by atoms with Gasteiger partial charge in [0.15, 0.2) is 0 Å². The number of carbonyl (C=O) groups is 1. The summed E-state index contributed by atoms with van der Waals surface area (Å²) in [5, 5.41) is 3.53. The fraction of sp³-hybridized carbons (Fsp3) is 0.278. The lowest BCUT2D eigenvalue weighted by atomic mass is 9.93. The zero-order valence-corrected chi connectivity index (χ0v) is 13.3. The number of halogens is 1. The van der Waals surface area contributed by atoms with Gasteiger partial charge in [0, 0.05) is 25.2 Å². The van der Waals surface area contributed by atoms with Crippen LogP contribution in [0.5, 0.6) is 0 Å². The SMILES string of the molecule is CNC(=O)C1Cc2ccccc2CN1Cc1ccccc1Cl. The maximum absolute atomic E-state index is 12.3. The van der Waals surface area contributed by atoms with Crippen molar-refractivity contribution in [1.82, 2.24) is 10.2 Å². The summed E-state index contributed by atoms with van der Waals surface area (Å²) in [6, 6.07) is 16.0. The third kappa shape index (κ3) is 3.01. The van der Waals surface area contributed by atoms with E-state index in [9.17, 15) is 4.79 Å². The molecule has 114 valence electrons. The molecule has 3 nitrogen and oxygen atoms in total. The van der Waals surface area contributed by atoms with Crippen molar-refractivity contribution in [2.45, 2.75) is 25.6 Å². The van der Waals surface area contributed by atoms with E-state index in [1.807, 2.05) is 36.4 Å². The zero-order chi connectivity index (χ0) is 15.5. The maximum atomic E-state index is 12.3. The van der Waals surface area contributed by atoms with Crippen LogP contribution >= 0.6 is 11.6 Å². The van der Waals surface area contributed by atoms with Gasteiger partial charge in [-0.3, -0.25) is 9.69 Å². The lowest BCUT2D eigenvalue weighted by Gasteiger charge is -2.36. The molecule has 2 aromatic carbocycles. The summed E-state index contributed by atoms with van der Waals surface area (Å²) in [6.45, 7) is 1.44. The van der Waals surface area contributed by atoms with Crippen molar-refractivity contribution in [1.29, 1.82) is 0 Å². The summed E-state index contributed by atoms with van der Waals surface area (Å²) in [7, 11) is 1.69. The number of rotatable bonds is 3. The van der Waals surface area contributed by atoms with Gasteiger partial charge < -0.3 is 5.32 Å². The third-order valence-electron chi connectivity index (χ3n) is 4.23. The molecule has 0 spiro atoms. The van der Waals surface area contributed by atoms with Gasteiger partial charge in [-0.25, -0.2) is 0 Å². The van der Waals surface area contributed by atoms with Crippen LogP contribution in [-0.4, -0.2) is 23.9 Å². The van der Waals surface area contributed by atoms with E-state index < -0.39 is 0 Å². The first-order chi connectivity index (χ1) is 10.7. The van der Waals surface area contributed by atoms with E-state index >= 15 is 0 Å². The molecule has 1 heterocycles. The van der Waals surface area contributed by atoms with Gasteiger partial charge in [0.2, 0.25) is 5.91 Å². The largest absolute Gasteiger partial charge is 0.358 e. The Morgan fingerprint density at radius 1 is 1.18 bits per heavy atom. The molecule has 0 bridgehead atoms. The Kier molecular flexibility index (Phi) is 4.46. The molecule has 0 radical (unpaired) electrons. The second-order valence-electron chi connectivity index (χ2n) is 5.60. The lowest BCUT2D eigenvalue weighted by Crippen LogP contribution is -2.49. The number of hydrogen-bond donors (Lipinski definition) is 1. The van der Waals surface area contributed by atoms with Crippen molar-refractivity contribution in [3.05, 3.63) is 70.2 Å². The predicted molar refractivity (Wildman–Crippen MR) is 88.7 cm³/mol. The molecule has 1 unspecified atom stereocenters. The van der Waals surface area contributed by atoms with Gasteiger partial charge >= 0.3 is 0 Å². The van der Waals surface area contributed by atoms with E-state index in [2.05, 4.69) is 22.3 Å². The van der Waals surface area contributed by atoms with Gasteiger partial charge in [0.25, 0.3) is 0 Å². The Bertz CT molecular complexity index is 686. The number of benzene rings is 2. The molecule has 4 heteroatoms. The van der Waals surface area contributed by atoms with Gasteiger partial charge in [0.05, 0.1) is 6.04 Å². The number of likely N-dealkylation sites (N-methyl/N-ethyl adjacent to an activating group) is 1. The van der Waals surface area contributed by atoms with Gasteiger partial charge in [-0.1, -0.05) is 54.1 Å². The normalized spacial score (nSPS) is 17.8. The monoisotopic (exact) mass is 314 g/mol. The number of nitrogens with one attached hydrogen (secondary N) is 1. The number of hydrogen-bond acceptors (Lipinski definition) is 2. The number of carbonyl (C=O) groups excluding carboxylic acids is 1. The molecule has 2 aromatic rings. The minimum absolute atomic E-state index is 0.0570. The first kappa shape index (κ1) is 15.1. The number of fused-ring (bicyclic) bond motifs is 1. The molecule has 1 aliphatic heterocycles. The Morgan fingerprint density at radius 2 is 1.86 bits per heavy atom. The molecule has 1 atom stereocenters. The number of amides is 1. The molecule has 1 aliphatic rings. The summed E-state index contributed by atoms with van der Waals surface area (Å²) in [5.41, 5.74) is 3.60. The molecular formula is C18H19ClN2O. The lowest BCUT2D eigenvalue weighted by molar-refractivity contribution is -0.126. The molecule has 1 amide bonds. The minimum Gasteiger partial charge on any atom is -0.358 e. The highest BCUT2D eigenvalue weighted by molar-refractivity contribution is 6.31. The molecule has 0 aliphatic carbocycles. The van der Waals surface area contributed by atoms with E-state index in [4.69, 9.17) is 11.6 Å². The van der Waals surface area contributed by atoms with Crippen LogP contribution in [0.1, 0.15) is 16.7 Å². The van der Waals surface area contributed by atoms with Crippen molar-refractivity contribution >= 4 is 17.5 Å². The quantitative estimate of drug-likeness (QED) is 0.944. The van der Waals surface area contributed by atoms with Crippen LogP contribution in [0.15, 0.2) is 48.5 Å². The Labute approximate surface area is 135 Å². The Morgan fingerprint density at radius 3 is 2.59 bits per heavy atom. The second kappa shape index (κ2) is 6.51. The zero-order valence-electron chi connectivity index (χ0n) is 12.6. The number of nitrogens with zero attached hydrogens (tertiary/aromatic N) is 1. The van der Waals surface area contributed by atoms with Crippen LogP contribution in [0.3, 0.4) is 0 Å². The average Bonchev–Trinajstić information content (AvgIpc) is 2.55. The third-order valence-corrected chi connectivity index (χ3v) is 4.59. The van der Waals surface area contributed by atoms with E-state index in [0.717, 1.165) is 23.6 Å². The van der Waals surface area contributed by atoms with E-state index in [1.165, 1.54) is 11.1 Å². The van der Waals surface area contributed by atoms with Crippen LogP contribution in [0.25, 0.3) is 0 Å². The van der Waals surface area contributed by atoms with Crippen LogP contribution < -0.4 is 5.32 Å². The van der Waals surface area contributed by atoms with Crippen LogP contribution in [0, 0.1) is 0 Å². The molecule has 0 fully saturated rings. The van der Waals surface area contributed by atoms with Gasteiger partial charge in [-0.15, -0.1) is 0 Å². The van der Waals surface area contributed by atoms with Gasteiger partial charge in [-0.05, 0) is 29.2 Å². The predicted octanol–water partition coefficient (Wildman–Crippen LogP) is 3.01. The average molecular weight is 315 g/mol. The summed E-state index contributed by atoms with van der Waals surface area (Å²) in [6.07, 6.45) is 0.736. The van der Waals surface area contributed by atoms with E-state index in [0.29, 0.717) is 6.54 Å². The highest BCUT2D eigenvalue weighted by Crippen LogP contribution is 2.27. The van der Waals surface area contributed by atoms with E-state index in [-0.39, 0.29) is 11.9 Å². The second-order valence-corrected chi connectivity index (χ2v) is 6.01. The highest BCUT2D eigenvalue weighted by atomic mass is 35.5. The van der Waals surface area contributed by atoms with Crippen molar-refractivity contribution in [2.24, 2.45) is 0 Å². The first-order valence-corrected chi connectivity index (χ1v) is 7.82. The maximum Gasteiger partial charge on any atom is 0.237 e. The summed E-state index contributed by atoms with van der Waals surface area (Å²) in [5.74, 6) is 0.0570. The van der Waals surface area contributed by atoms with Gasteiger partial charge in [-0.2, -0.15) is 0 Å². The fourth-order valence-electron chi connectivity index (χ4n) is 3.01. The first-order valence-electron chi connectivity index (χ1n) is 7.45. The van der Waals surface area contributed by atoms with Crippen molar-refractivity contribution in [2.75, 3.05) is 7.05 Å². The summed E-state index contributed by atoms with van der Waals surface area (Å²) in [4.78, 5) is 14.5. The molecule has 1 N–H and O–H groups in total. The van der Waals surface area contributed by atoms with Crippen LogP contribution in [0.4, 0.5) is 0 Å². The smallest absolute Gasteiger partial charge is 0.237 e. The van der Waals surface area contributed by atoms with Crippen LogP contribution in [-0.2, 0) is 24.3 Å². The standard InChI is InChI=1S/C18H19ClN2O/c1-20-18(22)17-10-13-6-2-3-7-14(13)11-21(17)12-15-8-4-5-9-16(15)19/h2-9,17H,10-12H2,1H3,(H,20,22). The molecule has 0 aromatic heterocycles. The highest BCUT2D eigenvalue weighted by Gasteiger charge is 2.31. The molecule has 22 heavy (non-hydrogen) atoms. The summed E-state index contributed by atoms with van der Waals surface area (Å²) >= 11 is 6.28. The fourth-order valence-corrected chi connectivity index (χ4v) is 3.21. The van der Waals surface area contributed by atoms with Crippen molar-refractivity contribution in [3.63, 3.8) is 0 Å². The minimum atomic E-state index is -0.156. The molecule has 3 rings (SSSR count). The topological polar surface area (TPSA) is 32.3 Å².